The number of nitrogens with one attached hydrogen (secondary N) is 1. The summed E-state index contributed by atoms with van der Waals surface area (Å²) in [5.74, 6) is 0.247. The SMILES string of the molecule is COC(=O)CSc1nnc(NC(=O)c2ccc(OC)c(C)c2)s1. The van der Waals surface area contributed by atoms with Crippen LogP contribution in [0.25, 0.3) is 0 Å². The first-order valence-corrected chi connectivity index (χ1v) is 8.32. The van der Waals surface area contributed by atoms with Gasteiger partial charge in [0.05, 0.1) is 20.0 Å². The third kappa shape index (κ3) is 4.67. The van der Waals surface area contributed by atoms with Crippen molar-refractivity contribution in [2.75, 3.05) is 25.3 Å². The molecule has 0 unspecified atom stereocenters. The fourth-order valence-electron chi connectivity index (χ4n) is 1.69. The predicted molar refractivity (Wildman–Crippen MR) is 88.3 cm³/mol. The van der Waals surface area contributed by atoms with E-state index in [0.717, 1.165) is 11.3 Å². The van der Waals surface area contributed by atoms with Gasteiger partial charge in [-0.1, -0.05) is 23.1 Å². The molecule has 0 spiro atoms. The summed E-state index contributed by atoms with van der Waals surface area (Å²) in [5, 5.41) is 10.8. The zero-order chi connectivity index (χ0) is 16.8. The van der Waals surface area contributed by atoms with E-state index < -0.39 is 0 Å². The maximum atomic E-state index is 12.2. The standard InChI is InChI=1S/C14H15N3O4S2/c1-8-6-9(4-5-10(8)20-2)12(19)15-13-16-17-14(23-13)22-7-11(18)21-3/h4-6H,7H2,1-3H3,(H,15,16,19). The summed E-state index contributed by atoms with van der Waals surface area (Å²) in [7, 11) is 2.91. The van der Waals surface area contributed by atoms with E-state index >= 15 is 0 Å². The van der Waals surface area contributed by atoms with Gasteiger partial charge in [0.2, 0.25) is 5.13 Å². The number of anilines is 1. The van der Waals surface area contributed by atoms with Crippen LogP contribution in [0.4, 0.5) is 5.13 Å². The summed E-state index contributed by atoms with van der Waals surface area (Å²) in [6.45, 7) is 1.86. The van der Waals surface area contributed by atoms with E-state index in [9.17, 15) is 9.59 Å². The summed E-state index contributed by atoms with van der Waals surface area (Å²) in [6.07, 6.45) is 0. The van der Waals surface area contributed by atoms with Crippen LogP contribution in [0.15, 0.2) is 22.5 Å². The number of ether oxygens (including phenoxy) is 2. The highest BCUT2D eigenvalue weighted by Gasteiger charge is 2.13. The number of amides is 1. The number of esters is 1. The molecule has 0 saturated carbocycles. The molecule has 1 amide bonds. The number of rotatable bonds is 6. The van der Waals surface area contributed by atoms with Crippen molar-refractivity contribution in [1.29, 1.82) is 0 Å². The Balaban J connectivity index is 1.99. The highest BCUT2D eigenvalue weighted by atomic mass is 32.2. The zero-order valence-electron chi connectivity index (χ0n) is 12.8. The fourth-order valence-corrected chi connectivity index (χ4v) is 3.27. The first-order chi connectivity index (χ1) is 11.0. The molecule has 0 aliphatic rings. The largest absolute Gasteiger partial charge is 0.496 e. The van der Waals surface area contributed by atoms with Gasteiger partial charge in [-0.15, -0.1) is 10.2 Å². The van der Waals surface area contributed by atoms with Crippen LogP contribution in [0.5, 0.6) is 5.75 Å². The molecule has 0 bridgehead atoms. The summed E-state index contributed by atoms with van der Waals surface area (Å²) >= 11 is 2.40. The highest BCUT2D eigenvalue weighted by Crippen LogP contribution is 2.26. The van der Waals surface area contributed by atoms with Crippen molar-refractivity contribution in [1.82, 2.24) is 10.2 Å². The number of thioether (sulfide) groups is 1. The lowest BCUT2D eigenvalue weighted by Gasteiger charge is -2.06. The van der Waals surface area contributed by atoms with Gasteiger partial charge in [0.15, 0.2) is 4.34 Å². The quantitative estimate of drug-likeness (QED) is 0.484. The number of benzene rings is 1. The Morgan fingerprint density at radius 3 is 2.74 bits per heavy atom. The van der Waals surface area contributed by atoms with Crippen LogP contribution in [0.2, 0.25) is 0 Å². The van der Waals surface area contributed by atoms with Gasteiger partial charge in [-0.25, -0.2) is 0 Å². The smallest absolute Gasteiger partial charge is 0.316 e. The van der Waals surface area contributed by atoms with Crippen LogP contribution in [-0.2, 0) is 9.53 Å². The topological polar surface area (TPSA) is 90.4 Å². The van der Waals surface area contributed by atoms with Gasteiger partial charge in [-0.3, -0.25) is 14.9 Å². The van der Waals surface area contributed by atoms with E-state index in [0.29, 0.717) is 15.0 Å². The molecule has 0 aliphatic heterocycles. The monoisotopic (exact) mass is 353 g/mol. The van der Waals surface area contributed by atoms with Gasteiger partial charge in [-0.05, 0) is 30.7 Å². The van der Waals surface area contributed by atoms with E-state index in [-0.39, 0.29) is 17.6 Å². The Kier molecular flexibility index (Phi) is 5.94. The molecule has 0 atom stereocenters. The van der Waals surface area contributed by atoms with E-state index in [2.05, 4.69) is 20.3 Å². The molecule has 1 aromatic heterocycles. The van der Waals surface area contributed by atoms with Gasteiger partial charge in [0.25, 0.3) is 5.91 Å². The fraction of sp³-hybridized carbons (Fsp3) is 0.286. The molecule has 122 valence electrons. The van der Waals surface area contributed by atoms with Crippen LogP contribution in [0.1, 0.15) is 15.9 Å². The normalized spacial score (nSPS) is 10.2. The van der Waals surface area contributed by atoms with E-state index in [1.54, 1.807) is 25.3 Å². The number of carbonyl (C=O) groups excluding carboxylic acids is 2. The molecule has 7 nitrogen and oxygen atoms in total. The average Bonchev–Trinajstić information content (AvgIpc) is 2.99. The van der Waals surface area contributed by atoms with Crippen molar-refractivity contribution in [3.63, 3.8) is 0 Å². The van der Waals surface area contributed by atoms with E-state index in [4.69, 9.17) is 4.74 Å². The number of aryl methyl sites for hydroxylation is 1. The molecule has 0 fully saturated rings. The van der Waals surface area contributed by atoms with Crippen molar-refractivity contribution in [2.45, 2.75) is 11.3 Å². The second kappa shape index (κ2) is 7.93. The molecule has 0 saturated heterocycles. The Labute approximate surface area is 141 Å². The molecule has 1 aromatic carbocycles. The van der Waals surface area contributed by atoms with Crippen LogP contribution in [-0.4, -0.2) is 42.0 Å². The number of carbonyl (C=O) groups is 2. The van der Waals surface area contributed by atoms with Gasteiger partial charge in [0, 0.05) is 5.56 Å². The van der Waals surface area contributed by atoms with Crippen molar-refractivity contribution in [2.24, 2.45) is 0 Å². The van der Waals surface area contributed by atoms with Gasteiger partial charge in [0.1, 0.15) is 5.75 Å². The molecule has 0 radical (unpaired) electrons. The molecule has 9 heteroatoms. The first kappa shape index (κ1) is 17.2. The van der Waals surface area contributed by atoms with E-state index in [1.807, 2.05) is 6.92 Å². The lowest BCUT2D eigenvalue weighted by atomic mass is 10.1. The van der Waals surface area contributed by atoms with Crippen molar-refractivity contribution in [3.8, 4) is 5.75 Å². The highest BCUT2D eigenvalue weighted by molar-refractivity contribution is 8.01. The summed E-state index contributed by atoms with van der Waals surface area (Å²) in [4.78, 5) is 23.3. The average molecular weight is 353 g/mol. The van der Waals surface area contributed by atoms with Crippen LogP contribution < -0.4 is 10.1 Å². The Morgan fingerprint density at radius 1 is 1.30 bits per heavy atom. The van der Waals surface area contributed by atoms with Crippen molar-refractivity contribution < 1.29 is 19.1 Å². The minimum Gasteiger partial charge on any atom is -0.496 e. The molecular weight excluding hydrogens is 338 g/mol. The number of methoxy groups -OCH3 is 2. The Bertz CT molecular complexity index is 718. The Hall–Kier alpha value is -2.13. The maximum absolute atomic E-state index is 12.2. The number of hydrogen-bond acceptors (Lipinski definition) is 8. The van der Waals surface area contributed by atoms with Crippen molar-refractivity contribution in [3.05, 3.63) is 29.3 Å². The number of aromatic nitrogens is 2. The molecule has 0 aliphatic carbocycles. The second-order valence-electron chi connectivity index (χ2n) is 4.38. The molecule has 2 rings (SSSR count). The lowest BCUT2D eigenvalue weighted by molar-refractivity contribution is -0.137. The number of nitrogens with zero attached hydrogens (tertiary/aromatic N) is 2. The van der Waals surface area contributed by atoms with Crippen molar-refractivity contribution >= 4 is 40.1 Å². The summed E-state index contributed by atoms with van der Waals surface area (Å²) in [6, 6.07) is 5.15. The minimum atomic E-state index is -0.343. The van der Waals surface area contributed by atoms with Gasteiger partial charge in [-0.2, -0.15) is 0 Å². The Morgan fingerprint density at radius 2 is 2.09 bits per heavy atom. The van der Waals surface area contributed by atoms with Gasteiger partial charge >= 0.3 is 5.97 Å². The van der Waals surface area contributed by atoms with E-state index in [1.165, 1.54) is 30.2 Å². The molecule has 23 heavy (non-hydrogen) atoms. The second-order valence-corrected chi connectivity index (χ2v) is 6.58. The van der Waals surface area contributed by atoms with Crippen LogP contribution in [0.3, 0.4) is 0 Å². The number of hydrogen-bond donors (Lipinski definition) is 1. The predicted octanol–water partition coefficient (Wildman–Crippen LogP) is 2.37. The third-order valence-electron chi connectivity index (χ3n) is 2.83. The van der Waals surface area contributed by atoms with Crippen LogP contribution in [0, 0.1) is 6.92 Å². The molecule has 1 heterocycles. The minimum absolute atomic E-state index is 0.150. The third-order valence-corrected chi connectivity index (χ3v) is 4.77. The molecular formula is C14H15N3O4S2. The molecule has 1 N–H and O–H groups in total. The van der Waals surface area contributed by atoms with Gasteiger partial charge < -0.3 is 9.47 Å². The zero-order valence-corrected chi connectivity index (χ0v) is 14.4. The summed E-state index contributed by atoms with van der Waals surface area (Å²) in [5.41, 5.74) is 1.37. The summed E-state index contributed by atoms with van der Waals surface area (Å²) < 4.78 is 10.3. The van der Waals surface area contributed by atoms with Crippen LogP contribution >= 0.6 is 23.1 Å². The lowest BCUT2D eigenvalue weighted by Crippen LogP contribution is -2.12. The maximum Gasteiger partial charge on any atom is 0.316 e. The molecule has 2 aromatic rings. The first-order valence-electron chi connectivity index (χ1n) is 6.52.